The second-order valence-corrected chi connectivity index (χ2v) is 7.12. The summed E-state index contributed by atoms with van der Waals surface area (Å²) in [6, 6.07) is 13.7. The van der Waals surface area contributed by atoms with Gasteiger partial charge in [0.15, 0.2) is 0 Å². The summed E-state index contributed by atoms with van der Waals surface area (Å²) in [5.74, 6) is 0.422. The highest BCUT2D eigenvalue weighted by molar-refractivity contribution is 5.95. The lowest BCUT2D eigenvalue weighted by molar-refractivity contribution is -0.131. The van der Waals surface area contributed by atoms with E-state index in [9.17, 15) is 14.4 Å². The summed E-state index contributed by atoms with van der Waals surface area (Å²) in [7, 11) is 0. The fourth-order valence-corrected chi connectivity index (χ4v) is 3.41. The number of esters is 1. The van der Waals surface area contributed by atoms with E-state index < -0.39 is 5.97 Å². The average Bonchev–Trinajstić information content (AvgIpc) is 2.74. The van der Waals surface area contributed by atoms with Crippen LogP contribution in [0.4, 0.5) is 0 Å². The van der Waals surface area contributed by atoms with Crippen molar-refractivity contribution in [2.45, 2.75) is 32.7 Å². The second-order valence-electron chi connectivity index (χ2n) is 7.12. The molecule has 1 fully saturated rings. The zero-order valence-electron chi connectivity index (χ0n) is 17.2. The van der Waals surface area contributed by atoms with Gasteiger partial charge >= 0.3 is 5.97 Å². The predicted octanol–water partition coefficient (Wildman–Crippen LogP) is 3.05. The van der Waals surface area contributed by atoms with Crippen molar-refractivity contribution >= 4 is 17.8 Å². The Morgan fingerprint density at radius 2 is 1.70 bits per heavy atom. The number of carbonyl (C=O) groups excluding carboxylic acids is 3. The highest BCUT2D eigenvalue weighted by atomic mass is 16.5. The fraction of sp³-hybridized carbons (Fsp3) is 0.348. The van der Waals surface area contributed by atoms with Crippen molar-refractivity contribution in [3.8, 4) is 11.5 Å². The van der Waals surface area contributed by atoms with E-state index in [0.29, 0.717) is 49.4 Å². The monoisotopic (exact) mass is 410 g/mol. The molecule has 1 N–H and O–H groups in total. The van der Waals surface area contributed by atoms with E-state index in [1.807, 2.05) is 6.92 Å². The molecule has 0 atom stereocenters. The molecule has 0 aliphatic carbocycles. The van der Waals surface area contributed by atoms with Crippen molar-refractivity contribution < 1.29 is 23.9 Å². The van der Waals surface area contributed by atoms with Crippen LogP contribution in [0.15, 0.2) is 48.5 Å². The molecule has 1 aliphatic heterocycles. The highest BCUT2D eigenvalue weighted by Crippen LogP contribution is 2.19. The lowest BCUT2D eigenvalue weighted by Gasteiger charge is -2.32. The molecule has 0 saturated carbocycles. The van der Waals surface area contributed by atoms with Crippen LogP contribution in [0, 0.1) is 0 Å². The van der Waals surface area contributed by atoms with Gasteiger partial charge in [0, 0.05) is 37.2 Å². The smallest absolute Gasteiger partial charge is 0.308 e. The Morgan fingerprint density at radius 3 is 2.33 bits per heavy atom. The van der Waals surface area contributed by atoms with E-state index in [-0.39, 0.29) is 17.9 Å². The summed E-state index contributed by atoms with van der Waals surface area (Å²) < 4.78 is 10.4. The first-order valence-corrected chi connectivity index (χ1v) is 10.1. The Morgan fingerprint density at radius 1 is 1.00 bits per heavy atom. The van der Waals surface area contributed by atoms with Crippen molar-refractivity contribution in [3.05, 3.63) is 59.7 Å². The molecule has 0 aromatic heterocycles. The van der Waals surface area contributed by atoms with Gasteiger partial charge in [-0.2, -0.15) is 0 Å². The lowest BCUT2D eigenvalue weighted by atomic mass is 10.0. The molecule has 158 valence electrons. The first kappa shape index (κ1) is 21.4. The number of amides is 2. The molecule has 2 amide bonds. The standard InChI is InChI=1S/C23H26N2O5/c1-3-29-20-9-7-17(8-10-20)22(27)24-19-11-13-25(14-12-19)23(28)18-5-4-6-21(15-18)30-16(2)26/h4-10,15,19H,3,11-14H2,1-2H3,(H,24,27). The maximum atomic E-state index is 12.8. The maximum absolute atomic E-state index is 12.8. The van der Waals surface area contributed by atoms with Gasteiger partial charge in [0.2, 0.25) is 0 Å². The van der Waals surface area contributed by atoms with Crippen molar-refractivity contribution in [1.29, 1.82) is 0 Å². The van der Waals surface area contributed by atoms with Gasteiger partial charge in [-0.15, -0.1) is 0 Å². The average molecular weight is 410 g/mol. The van der Waals surface area contributed by atoms with Gasteiger partial charge in [-0.1, -0.05) is 6.07 Å². The molecule has 2 aromatic rings. The van der Waals surface area contributed by atoms with Crippen LogP contribution in [0.25, 0.3) is 0 Å². The third-order valence-electron chi connectivity index (χ3n) is 4.89. The number of ether oxygens (including phenoxy) is 2. The summed E-state index contributed by atoms with van der Waals surface area (Å²) in [5, 5.41) is 3.04. The third-order valence-corrected chi connectivity index (χ3v) is 4.89. The van der Waals surface area contributed by atoms with Gasteiger partial charge in [-0.3, -0.25) is 14.4 Å². The summed E-state index contributed by atoms with van der Waals surface area (Å²) in [4.78, 5) is 38.1. The van der Waals surface area contributed by atoms with Gasteiger partial charge in [-0.25, -0.2) is 0 Å². The Balaban J connectivity index is 1.52. The highest BCUT2D eigenvalue weighted by Gasteiger charge is 2.25. The minimum Gasteiger partial charge on any atom is -0.494 e. The molecule has 1 saturated heterocycles. The van der Waals surface area contributed by atoms with Gasteiger partial charge < -0.3 is 19.7 Å². The van der Waals surface area contributed by atoms with Crippen molar-refractivity contribution in [2.24, 2.45) is 0 Å². The molecular formula is C23H26N2O5. The molecule has 7 nitrogen and oxygen atoms in total. The quantitative estimate of drug-likeness (QED) is 0.584. The van der Waals surface area contributed by atoms with E-state index in [1.165, 1.54) is 6.92 Å². The third kappa shape index (κ3) is 5.59. The summed E-state index contributed by atoms with van der Waals surface area (Å²) in [5.41, 5.74) is 1.06. The molecule has 7 heteroatoms. The number of piperidine rings is 1. The minimum atomic E-state index is -0.427. The van der Waals surface area contributed by atoms with Gasteiger partial charge in [0.1, 0.15) is 11.5 Å². The first-order valence-electron chi connectivity index (χ1n) is 10.1. The Hall–Kier alpha value is -3.35. The summed E-state index contributed by atoms with van der Waals surface area (Å²) >= 11 is 0. The van der Waals surface area contributed by atoms with Crippen LogP contribution in [-0.2, 0) is 4.79 Å². The van der Waals surface area contributed by atoms with Crippen LogP contribution in [0.5, 0.6) is 11.5 Å². The summed E-state index contributed by atoms with van der Waals surface area (Å²) in [6.07, 6.45) is 1.36. The van der Waals surface area contributed by atoms with Gasteiger partial charge in [0.05, 0.1) is 6.61 Å². The van der Waals surface area contributed by atoms with E-state index in [4.69, 9.17) is 9.47 Å². The van der Waals surface area contributed by atoms with Gasteiger partial charge in [0.25, 0.3) is 11.8 Å². The molecule has 3 rings (SSSR count). The van der Waals surface area contributed by atoms with Crippen molar-refractivity contribution in [2.75, 3.05) is 19.7 Å². The number of nitrogens with one attached hydrogen (secondary N) is 1. The Bertz CT molecular complexity index is 902. The molecule has 1 heterocycles. The molecule has 0 bridgehead atoms. The largest absolute Gasteiger partial charge is 0.494 e. The molecule has 0 radical (unpaired) electrons. The van der Waals surface area contributed by atoms with Crippen LogP contribution >= 0.6 is 0 Å². The molecule has 1 aliphatic rings. The first-order chi connectivity index (χ1) is 14.5. The lowest BCUT2D eigenvalue weighted by Crippen LogP contribution is -2.46. The zero-order chi connectivity index (χ0) is 21.5. The van der Waals surface area contributed by atoms with Crippen LogP contribution in [0.3, 0.4) is 0 Å². The molecule has 30 heavy (non-hydrogen) atoms. The van der Waals surface area contributed by atoms with Gasteiger partial charge in [-0.05, 0) is 62.2 Å². The fourth-order valence-electron chi connectivity index (χ4n) is 3.41. The summed E-state index contributed by atoms with van der Waals surface area (Å²) in [6.45, 7) is 4.90. The number of benzene rings is 2. The van der Waals surface area contributed by atoms with E-state index in [2.05, 4.69) is 5.32 Å². The van der Waals surface area contributed by atoms with E-state index in [0.717, 1.165) is 5.75 Å². The van der Waals surface area contributed by atoms with Crippen molar-refractivity contribution in [3.63, 3.8) is 0 Å². The van der Waals surface area contributed by atoms with Crippen LogP contribution < -0.4 is 14.8 Å². The second kappa shape index (κ2) is 9.91. The van der Waals surface area contributed by atoms with E-state index >= 15 is 0 Å². The number of likely N-dealkylation sites (tertiary alicyclic amines) is 1. The number of hydrogen-bond acceptors (Lipinski definition) is 5. The molecular weight excluding hydrogens is 384 g/mol. The SMILES string of the molecule is CCOc1ccc(C(=O)NC2CCN(C(=O)c3cccc(OC(C)=O)c3)CC2)cc1. The van der Waals surface area contributed by atoms with Crippen molar-refractivity contribution in [1.82, 2.24) is 10.2 Å². The zero-order valence-corrected chi connectivity index (χ0v) is 17.2. The van der Waals surface area contributed by atoms with E-state index in [1.54, 1.807) is 53.4 Å². The Kier molecular flexibility index (Phi) is 7.06. The molecule has 0 spiro atoms. The minimum absolute atomic E-state index is 0.0144. The normalized spacial score (nSPS) is 14.1. The Labute approximate surface area is 176 Å². The van der Waals surface area contributed by atoms with Crippen LogP contribution in [0.2, 0.25) is 0 Å². The number of rotatable bonds is 6. The topological polar surface area (TPSA) is 84.9 Å². The van der Waals surface area contributed by atoms with Crippen LogP contribution in [0.1, 0.15) is 47.4 Å². The van der Waals surface area contributed by atoms with Crippen LogP contribution in [-0.4, -0.2) is 48.4 Å². The number of hydrogen-bond donors (Lipinski definition) is 1. The molecule has 2 aromatic carbocycles. The number of carbonyl (C=O) groups is 3. The maximum Gasteiger partial charge on any atom is 0.308 e. The predicted molar refractivity (Wildman–Crippen MR) is 112 cm³/mol. The number of nitrogens with zero attached hydrogens (tertiary/aromatic N) is 1. The molecule has 0 unspecified atom stereocenters.